The molecule has 0 aliphatic heterocycles. The van der Waals surface area contributed by atoms with Gasteiger partial charge < -0.3 is 9.84 Å². The zero-order valence-electron chi connectivity index (χ0n) is 17.2. The molecule has 1 aromatic carbocycles. The summed E-state index contributed by atoms with van der Waals surface area (Å²) in [6, 6.07) is 7.91. The maximum absolute atomic E-state index is 13.2. The van der Waals surface area contributed by atoms with E-state index in [1.165, 1.54) is 29.7 Å². The molecule has 3 aromatic heterocycles. The Kier molecular flexibility index (Phi) is 5.60. The molecule has 1 N–H and O–H groups in total. The highest BCUT2D eigenvalue weighted by atomic mass is 32.1. The Balaban J connectivity index is 1.45. The number of benzene rings is 1. The highest BCUT2D eigenvalue weighted by molar-refractivity contribution is 7.10. The summed E-state index contributed by atoms with van der Waals surface area (Å²) in [5.41, 5.74) is 2.25. The lowest BCUT2D eigenvalue weighted by Crippen LogP contribution is -2.36. The minimum atomic E-state index is -0.394. The first-order valence-electron chi connectivity index (χ1n) is 9.58. The summed E-state index contributed by atoms with van der Waals surface area (Å²) in [5, 5.41) is 9.62. The summed E-state index contributed by atoms with van der Waals surface area (Å²) in [4.78, 5) is 25.7. The predicted molar refractivity (Wildman–Crippen MR) is 115 cm³/mol. The van der Waals surface area contributed by atoms with E-state index in [0.717, 1.165) is 16.3 Å². The monoisotopic (exact) mass is 437 g/mol. The molecule has 0 bridgehead atoms. The first-order chi connectivity index (χ1) is 14.8. The first-order valence-corrected chi connectivity index (χ1v) is 10.5. The van der Waals surface area contributed by atoms with Crippen molar-refractivity contribution in [3.63, 3.8) is 0 Å². The number of carbonyl (C=O) groups is 1. The largest absolute Gasteiger partial charge is 0.351 e. The molecule has 0 radical (unpaired) electrons. The maximum atomic E-state index is 13.2. The number of pyridine rings is 1. The fourth-order valence-electron chi connectivity index (χ4n) is 2.92. The molecule has 158 valence electrons. The van der Waals surface area contributed by atoms with Crippen LogP contribution in [0.3, 0.4) is 0 Å². The number of aryl methyl sites for hydroxylation is 1. The zero-order valence-corrected chi connectivity index (χ0v) is 18.0. The van der Waals surface area contributed by atoms with E-state index in [1.807, 2.05) is 19.2 Å². The van der Waals surface area contributed by atoms with Crippen LogP contribution in [0.15, 0.2) is 52.6 Å². The van der Waals surface area contributed by atoms with Crippen LogP contribution in [-0.2, 0) is 5.41 Å². The van der Waals surface area contributed by atoms with Crippen LogP contribution in [0.5, 0.6) is 0 Å². The van der Waals surface area contributed by atoms with Crippen LogP contribution in [0.1, 0.15) is 35.1 Å². The Morgan fingerprint density at radius 1 is 1.16 bits per heavy atom. The smallest absolute Gasteiger partial charge is 0.252 e. The summed E-state index contributed by atoms with van der Waals surface area (Å²) in [6.07, 6.45) is 3.08. The van der Waals surface area contributed by atoms with Gasteiger partial charge in [-0.1, -0.05) is 19.0 Å². The van der Waals surface area contributed by atoms with Crippen molar-refractivity contribution in [2.24, 2.45) is 0 Å². The summed E-state index contributed by atoms with van der Waals surface area (Å²) in [6.45, 7) is 6.10. The van der Waals surface area contributed by atoms with Gasteiger partial charge in [0.25, 0.3) is 5.91 Å². The number of rotatable bonds is 6. The molecule has 0 unspecified atom stereocenters. The van der Waals surface area contributed by atoms with Crippen molar-refractivity contribution in [2.45, 2.75) is 26.2 Å². The van der Waals surface area contributed by atoms with Gasteiger partial charge in [-0.15, -0.1) is 11.3 Å². The molecule has 0 aliphatic rings. The summed E-state index contributed by atoms with van der Waals surface area (Å²) >= 11 is 1.51. The minimum Gasteiger partial charge on any atom is -0.351 e. The van der Waals surface area contributed by atoms with Gasteiger partial charge in [0, 0.05) is 47.8 Å². The van der Waals surface area contributed by atoms with Crippen molar-refractivity contribution >= 4 is 17.2 Å². The molecule has 7 nitrogen and oxygen atoms in total. The number of hydrogen-bond donors (Lipinski definition) is 1. The Morgan fingerprint density at radius 3 is 2.65 bits per heavy atom. The molecule has 0 aliphatic carbocycles. The standard InChI is InChI=1S/C22H20FN5O2S/c1-13-26-19(28-30-13)15-8-16(10-24-9-15)20(29)25-12-22(2,3)21-27-18(11-31-21)14-4-6-17(23)7-5-14/h4-11H,12H2,1-3H3,(H,25,29). The molecule has 9 heteroatoms. The normalized spacial score (nSPS) is 11.5. The van der Waals surface area contributed by atoms with Gasteiger partial charge in [-0.3, -0.25) is 9.78 Å². The van der Waals surface area contributed by atoms with Crippen molar-refractivity contribution in [3.8, 4) is 22.6 Å². The van der Waals surface area contributed by atoms with Crippen molar-refractivity contribution < 1.29 is 13.7 Å². The van der Waals surface area contributed by atoms with Gasteiger partial charge in [0.1, 0.15) is 10.8 Å². The van der Waals surface area contributed by atoms with E-state index in [-0.39, 0.29) is 11.7 Å². The molecule has 31 heavy (non-hydrogen) atoms. The van der Waals surface area contributed by atoms with E-state index in [9.17, 15) is 9.18 Å². The number of aromatic nitrogens is 4. The third kappa shape index (κ3) is 4.66. The molecule has 4 aromatic rings. The molecule has 0 saturated carbocycles. The second-order valence-electron chi connectivity index (χ2n) is 7.71. The van der Waals surface area contributed by atoms with Gasteiger partial charge in [-0.2, -0.15) is 4.98 Å². The number of nitrogens with zero attached hydrogens (tertiary/aromatic N) is 4. The van der Waals surface area contributed by atoms with Crippen LogP contribution in [0.4, 0.5) is 4.39 Å². The minimum absolute atomic E-state index is 0.252. The van der Waals surface area contributed by atoms with Gasteiger partial charge in [0.2, 0.25) is 11.7 Å². The van der Waals surface area contributed by atoms with E-state index in [2.05, 4.69) is 20.4 Å². The van der Waals surface area contributed by atoms with Crippen LogP contribution in [0.25, 0.3) is 22.6 Å². The quantitative estimate of drug-likeness (QED) is 0.480. The molecule has 0 atom stereocenters. The van der Waals surface area contributed by atoms with Crippen molar-refractivity contribution in [1.29, 1.82) is 0 Å². The molecular weight excluding hydrogens is 417 g/mol. The van der Waals surface area contributed by atoms with E-state index >= 15 is 0 Å². The topological polar surface area (TPSA) is 93.8 Å². The van der Waals surface area contributed by atoms with Crippen LogP contribution >= 0.6 is 11.3 Å². The number of halogens is 1. The third-order valence-electron chi connectivity index (χ3n) is 4.70. The van der Waals surface area contributed by atoms with Gasteiger partial charge >= 0.3 is 0 Å². The number of nitrogens with one attached hydrogen (secondary N) is 1. The van der Waals surface area contributed by atoms with E-state index in [4.69, 9.17) is 9.51 Å². The zero-order chi connectivity index (χ0) is 22.0. The van der Waals surface area contributed by atoms with Crippen LogP contribution in [-0.4, -0.2) is 32.6 Å². The predicted octanol–water partition coefficient (Wildman–Crippen LogP) is 4.41. The fraction of sp³-hybridized carbons (Fsp3) is 0.227. The van der Waals surface area contributed by atoms with Crippen LogP contribution in [0, 0.1) is 12.7 Å². The molecule has 4 rings (SSSR count). The molecular formula is C22H20FN5O2S. The Hall–Kier alpha value is -3.46. The summed E-state index contributed by atoms with van der Waals surface area (Å²) in [7, 11) is 0. The van der Waals surface area contributed by atoms with Crippen molar-refractivity contribution in [3.05, 3.63) is 70.4 Å². The second-order valence-corrected chi connectivity index (χ2v) is 8.57. The highest BCUT2D eigenvalue weighted by Gasteiger charge is 2.26. The van der Waals surface area contributed by atoms with Gasteiger partial charge in [-0.05, 0) is 30.3 Å². The number of carbonyl (C=O) groups excluding carboxylic acids is 1. The van der Waals surface area contributed by atoms with E-state index in [1.54, 1.807) is 31.3 Å². The fourth-order valence-corrected chi connectivity index (χ4v) is 3.87. The van der Waals surface area contributed by atoms with Crippen LogP contribution < -0.4 is 5.32 Å². The lowest BCUT2D eigenvalue weighted by Gasteiger charge is -2.22. The summed E-state index contributed by atoms with van der Waals surface area (Å²) < 4.78 is 18.1. The van der Waals surface area contributed by atoms with Crippen molar-refractivity contribution in [1.82, 2.24) is 25.4 Å². The van der Waals surface area contributed by atoms with Crippen LogP contribution in [0.2, 0.25) is 0 Å². The number of amides is 1. The molecule has 3 heterocycles. The molecule has 0 saturated heterocycles. The Morgan fingerprint density at radius 2 is 1.94 bits per heavy atom. The number of thiazole rings is 1. The Labute approximate surface area is 182 Å². The van der Waals surface area contributed by atoms with E-state index < -0.39 is 5.41 Å². The highest BCUT2D eigenvalue weighted by Crippen LogP contribution is 2.30. The number of hydrogen-bond acceptors (Lipinski definition) is 7. The average Bonchev–Trinajstić information content (AvgIpc) is 3.43. The Bertz CT molecular complexity index is 1220. The lowest BCUT2D eigenvalue weighted by atomic mass is 9.94. The second kappa shape index (κ2) is 8.35. The summed E-state index contributed by atoms with van der Waals surface area (Å²) in [5.74, 6) is 0.291. The lowest BCUT2D eigenvalue weighted by molar-refractivity contribution is 0.0945. The average molecular weight is 438 g/mol. The SMILES string of the molecule is Cc1nc(-c2cncc(C(=O)NCC(C)(C)c3nc(-c4ccc(F)cc4)cs3)c2)no1. The molecule has 1 amide bonds. The first kappa shape index (κ1) is 20.8. The third-order valence-corrected chi connectivity index (χ3v) is 5.91. The van der Waals surface area contributed by atoms with Gasteiger partial charge in [0.05, 0.1) is 11.3 Å². The van der Waals surface area contributed by atoms with Gasteiger partial charge in [-0.25, -0.2) is 9.37 Å². The van der Waals surface area contributed by atoms with E-state index in [0.29, 0.717) is 29.4 Å². The van der Waals surface area contributed by atoms with Gasteiger partial charge in [0.15, 0.2) is 0 Å². The molecule has 0 spiro atoms. The van der Waals surface area contributed by atoms with Crippen molar-refractivity contribution in [2.75, 3.05) is 6.54 Å². The maximum Gasteiger partial charge on any atom is 0.252 e. The molecule has 0 fully saturated rings.